The molecule has 1 unspecified atom stereocenters. The van der Waals surface area contributed by atoms with Crippen LogP contribution in [-0.4, -0.2) is 0 Å². The molecule has 0 aliphatic rings. The van der Waals surface area contributed by atoms with Crippen molar-refractivity contribution >= 4 is 0 Å². The van der Waals surface area contributed by atoms with Gasteiger partial charge in [0.25, 0.3) is 0 Å². The minimum absolute atomic E-state index is 0.385. The van der Waals surface area contributed by atoms with Crippen molar-refractivity contribution in [2.24, 2.45) is 5.92 Å². The fraction of sp³-hybridized carbons (Fsp3) is 0.444. The summed E-state index contributed by atoms with van der Waals surface area (Å²) in [6.45, 7) is 11.1. The lowest BCUT2D eigenvalue weighted by atomic mass is 10.1. The molecular formula is C9H14O. The average molecular weight is 138 g/mol. The fourth-order valence-corrected chi connectivity index (χ4v) is 0.607. The third-order valence-corrected chi connectivity index (χ3v) is 1.44. The van der Waals surface area contributed by atoms with Crippen molar-refractivity contribution in [3.63, 3.8) is 0 Å². The van der Waals surface area contributed by atoms with Gasteiger partial charge in [0.2, 0.25) is 0 Å². The molecule has 0 heterocycles. The van der Waals surface area contributed by atoms with Crippen LogP contribution in [0.25, 0.3) is 0 Å². The summed E-state index contributed by atoms with van der Waals surface area (Å²) in [5.41, 5.74) is 2.73. The summed E-state index contributed by atoms with van der Waals surface area (Å²) < 4.78 is 5.05. The minimum Gasteiger partial charge on any atom is -0.461 e. The lowest BCUT2D eigenvalue weighted by Crippen LogP contribution is -1.97. The smallest absolute Gasteiger partial charge is 0.147 e. The number of rotatable bonds is 4. The molecule has 10 heavy (non-hydrogen) atoms. The van der Waals surface area contributed by atoms with Crippen molar-refractivity contribution in [1.82, 2.24) is 0 Å². The highest BCUT2D eigenvalue weighted by Gasteiger charge is 2.04. The summed E-state index contributed by atoms with van der Waals surface area (Å²) in [4.78, 5) is 0. The van der Waals surface area contributed by atoms with Gasteiger partial charge in [-0.05, 0) is 6.42 Å². The molecule has 0 rings (SSSR count). The van der Waals surface area contributed by atoms with E-state index in [2.05, 4.69) is 32.7 Å². The first-order valence-electron chi connectivity index (χ1n) is 3.43. The standard InChI is InChI=1S/C9H14O/c1-5-8(4)9(6-2)10-7-3/h7-8H,2-3,5H2,1,4H3. The quantitative estimate of drug-likeness (QED) is 0.428. The maximum Gasteiger partial charge on any atom is 0.147 e. The Morgan fingerprint density at radius 2 is 2.40 bits per heavy atom. The molecule has 0 spiro atoms. The zero-order chi connectivity index (χ0) is 7.98. The van der Waals surface area contributed by atoms with Crippen LogP contribution in [0.1, 0.15) is 20.3 Å². The summed E-state index contributed by atoms with van der Waals surface area (Å²) in [5.74, 6) is 1.16. The van der Waals surface area contributed by atoms with Crippen LogP contribution >= 0.6 is 0 Å². The lowest BCUT2D eigenvalue weighted by Gasteiger charge is -2.08. The molecule has 56 valence electrons. The number of allylic oxidation sites excluding steroid dienone is 1. The van der Waals surface area contributed by atoms with Crippen LogP contribution in [-0.2, 0) is 4.74 Å². The van der Waals surface area contributed by atoms with Crippen molar-refractivity contribution in [3.05, 3.63) is 30.9 Å². The van der Waals surface area contributed by atoms with Crippen LogP contribution in [0.2, 0.25) is 0 Å². The summed E-state index contributed by atoms with van der Waals surface area (Å²) >= 11 is 0. The number of hydrogen-bond acceptors (Lipinski definition) is 1. The molecule has 0 bridgehead atoms. The van der Waals surface area contributed by atoms with Gasteiger partial charge in [-0.3, -0.25) is 0 Å². The lowest BCUT2D eigenvalue weighted by molar-refractivity contribution is 0.296. The first-order valence-corrected chi connectivity index (χ1v) is 3.43. The summed E-state index contributed by atoms with van der Waals surface area (Å²) in [7, 11) is 0. The van der Waals surface area contributed by atoms with Crippen molar-refractivity contribution in [1.29, 1.82) is 0 Å². The Kier molecular flexibility index (Phi) is 4.43. The van der Waals surface area contributed by atoms with E-state index in [4.69, 9.17) is 4.74 Å². The van der Waals surface area contributed by atoms with E-state index in [1.54, 1.807) is 0 Å². The molecule has 0 aromatic heterocycles. The van der Waals surface area contributed by atoms with E-state index >= 15 is 0 Å². The van der Waals surface area contributed by atoms with Crippen LogP contribution in [0, 0.1) is 5.92 Å². The normalized spacial score (nSPS) is 11.4. The molecule has 1 atom stereocenters. The Morgan fingerprint density at radius 1 is 1.80 bits per heavy atom. The second-order valence-corrected chi connectivity index (χ2v) is 2.13. The van der Waals surface area contributed by atoms with Gasteiger partial charge in [-0.1, -0.05) is 32.7 Å². The van der Waals surface area contributed by atoms with Crippen molar-refractivity contribution in [3.8, 4) is 0 Å². The van der Waals surface area contributed by atoms with Crippen LogP contribution in [0.15, 0.2) is 30.9 Å². The van der Waals surface area contributed by atoms with Gasteiger partial charge in [0, 0.05) is 5.92 Å². The highest BCUT2D eigenvalue weighted by molar-refractivity contribution is 4.95. The minimum atomic E-state index is 0.385. The Labute approximate surface area is 62.7 Å². The van der Waals surface area contributed by atoms with Gasteiger partial charge in [-0.2, -0.15) is 0 Å². The molecule has 1 nitrogen and oxygen atoms in total. The molecule has 0 amide bonds. The third-order valence-electron chi connectivity index (χ3n) is 1.44. The Bertz CT molecular complexity index is 152. The molecule has 0 aromatic rings. The maximum absolute atomic E-state index is 5.05. The predicted octanol–water partition coefficient (Wildman–Crippen LogP) is 2.86. The maximum atomic E-state index is 5.05. The number of ether oxygens (including phenoxy) is 1. The van der Waals surface area contributed by atoms with E-state index in [1.165, 1.54) is 6.26 Å². The molecule has 0 saturated carbocycles. The van der Waals surface area contributed by atoms with E-state index in [0.29, 0.717) is 5.92 Å². The molecule has 0 aliphatic carbocycles. The monoisotopic (exact) mass is 138 g/mol. The summed E-state index contributed by atoms with van der Waals surface area (Å²) in [6.07, 6.45) is 2.44. The van der Waals surface area contributed by atoms with Gasteiger partial charge in [-0.25, -0.2) is 0 Å². The fourth-order valence-electron chi connectivity index (χ4n) is 0.607. The van der Waals surface area contributed by atoms with E-state index in [0.717, 1.165) is 12.2 Å². The van der Waals surface area contributed by atoms with Gasteiger partial charge in [0.1, 0.15) is 5.76 Å². The van der Waals surface area contributed by atoms with Gasteiger partial charge >= 0.3 is 0 Å². The zero-order valence-electron chi connectivity index (χ0n) is 6.68. The van der Waals surface area contributed by atoms with E-state index in [-0.39, 0.29) is 0 Å². The van der Waals surface area contributed by atoms with Crippen LogP contribution in [0.3, 0.4) is 0 Å². The highest BCUT2D eigenvalue weighted by Crippen LogP contribution is 2.13. The average Bonchev–Trinajstić information content (AvgIpc) is 1.99. The first kappa shape index (κ1) is 9.06. The number of hydrogen-bond donors (Lipinski definition) is 0. The molecule has 1 heteroatoms. The predicted molar refractivity (Wildman–Crippen MR) is 43.4 cm³/mol. The van der Waals surface area contributed by atoms with Gasteiger partial charge in [0.05, 0.1) is 6.26 Å². The van der Waals surface area contributed by atoms with E-state index < -0.39 is 0 Å². The first-order chi connectivity index (χ1) is 4.76. The zero-order valence-corrected chi connectivity index (χ0v) is 6.68. The van der Waals surface area contributed by atoms with Crippen molar-refractivity contribution < 1.29 is 4.74 Å². The Balaban J connectivity index is 4.07. The van der Waals surface area contributed by atoms with Crippen LogP contribution in [0.5, 0.6) is 0 Å². The van der Waals surface area contributed by atoms with Gasteiger partial charge in [0.15, 0.2) is 0 Å². The Morgan fingerprint density at radius 3 is 2.70 bits per heavy atom. The van der Waals surface area contributed by atoms with Crippen LogP contribution < -0.4 is 0 Å². The molecule has 0 saturated heterocycles. The SMILES string of the molecule is C=C=C(OC=C)C(C)CC. The topological polar surface area (TPSA) is 9.23 Å². The second kappa shape index (κ2) is 4.89. The molecule has 0 fully saturated rings. The second-order valence-electron chi connectivity index (χ2n) is 2.13. The third kappa shape index (κ3) is 2.56. The van der Waals surface area contributed by atoms with Crippen LogP contribution in [0.4, 0.5) is 0 Å². The molecule has 0 radical (unpaired) electrons. The Hall–Kier alpha value is -0.940. The van der Waals surface area contributed by atoms with E-state index in [1.807, 2.05) is 0 Å². The molecular weight excluding hydrogens is 124 g/mol. The summed E-state index contributed by atoms with van der Waals surface area (Å²) in [6, 6.07) is 0. The molecule has 0 aliphatic heterocycles. The van der Waals surface area contributed by atoms with Crippen molar-refractivity contribution in [2.75, 3.05) is 0 Å². The molecule has 0 aromatic carbocycles. The van der Waals surface area contributed by atoms with Gasteiger partial charge < -0.3 is 4.74 Å². The van der Waals surface area contributed by atoms with Gasteiger partial charge in [-0.15, -0.1) is 0 Å². The largest absolute Gasteiger partial charge is 0.461 e. The summed E-state index contributed by atoms with van der Waals surface area (Å²) in [5, 5.41) is 0. The molecule has 0 N–H and O–H groups in total. The van der Waals surface area contributed by atoms with Crippen molar-refractivity contribution in [2.45, 2.75) is 20.3 Å². The highest BCUT2D eigenvalue weighted by atomic mass is 16.5. The van der Waals surface area contributed by atoms with E-state index in [9.17, 15) is 0 Å².